The topological polar surface area (TPSA) is 105 Å². The van der Waals surface area contributed by atoms with Gasteiger partial charge in [-0.05, 0) is 85.9 Å². The van der Waals surface area contributed by atoms with E-state index in [9.17, 15) is 19.5 Å². The van der Waals surface area contributed by atoms with E-state index >= 15 is 0 Å². The molecule has 0 radical (unpaired) electrons. The number of hydrogen-bond donors (Lipinski definition) is 2. The fourth-order valence-electron chi connectivity index (χ4n) is 6.45. The van der Waals surface area contributed by atoms with E-state index in [1.54, 1.807) is 7.11 Å². The van der Waals surface area contributed by atoms with Gasteiger partial charge in [-0.3, -0.25) is 19.3 Å². The van der Waals surface area contributed by atoms with E-state index in [-0.39, 0.29) is 62.1 Å². The first kappa shape index (κ1) is 32.4. The van der Waals surface area contributed by atoms with E-state index in [0.717, 1.165) is 67.3 Å². The summed E-state index contributed by atoms with van der Waals surface area (Å²) in [6.07, 6.45) is 5.41. The maximum Gasteiger partial charge on any atom is 0.306 e. The van der Waals surface area contributed by atoms with Crippen molar-refractivity contribution in [2.24, 2.45) is 11.8 Å². The summed E-state index contributed by atoms with van der Waals surface area (Å²) in [6, 6.07) is 7.95. The Morgan fingerprint density at radius 1 is 1.02 bits per heavy atom. The van der Waals surface area contributed by atoms with Crippen LogP contribution in [0.2, 0.25) is 10.0 Å². The van der Waals surface area contributed by atoms with Crippen LogP contribution in [0.15, 0.2) is 24.3 Å². The number of nitrogens with zero attached hydrogens (tertiary/aromatic N) is 1. The molecule has 1 heterocycles. The molecule has 2 aliphatic carbocycles. The number of likely N-dealkylation sites (tertiary alicyclic amines) is 1. The maximum atomic E-state index is 12.1. The van der Waals surface area contributed by atoms with Gasteiger partial charge in [0.25, 0.3) is 0 Å². The van der Waals surface area contributed by atoms with Crippen LogP contribution in [0.3, 0.4) is 0 Å². The van der Waals surface area contributed by atoms with E-state index in [2.05, 4.69) is 11.4 Å². The molecule has 0 unspecified atom stereocenters. The van der Waals surface area contributed by atoms with Crippen molar-refractivity contribution in [2.75, 3.05) is 26.8 Å². The Labute approximate surface area is 262 Å². The first-order valence-electron chi connectivity index (χ1n) is 14.3. The minimum absolute atomic E-state index is 0. The number of hydrogen-bond acceptors (Lipinski definition) is 6. The van der Waals surface area contributed by atoms with Gasteiger partial charge in [-0.1, -0.05) is 29.3 Å². The SMILES string of the molecule is COc1cc(CNCC2CCC(C(=O)O)CC2)cc([C@H]2CCc3c2ccc(Cl)c3Cl)c1OCCN1C(=O)CCC1=O.Cl. The second kappa shape index (κ2) is 14.3. The lowest BCUT2D eigenvalue weighted by Gasteiger charge is -2.26. The van der Waals surface area contributed by atoms with Gasteiger partial charge in [-0.25, -0.2) is 0 Å². The molecular formula is C31H37Cl3N2O6. The van der Waals surface area contributed by atoms with E-state index in [1.165, 1.54) is 4.90 Å². The number of carboxylic acid groups (broad SMARTS) is 1. The molecule has 3 aliphatic rings. The van der Waals surface area contributed by atoms with Gasteiger partial charge in [-0.15, -0.1) is 12.4 Å². The Morgan fingerprint density at radius 2 is 1.74 bits per heavy atom. The highest BCUT2D eigenvalue weighted by molar-refractivity contribution is 6.42. The largest absolute Gasteiger partial charge is 0.493 e. The van der Waals surface area contributed by atoms with Crippen molar-refractivity contribution in [3.8, 4) is 11.5 Å². The van der Waals surface area contributed by atoms with Crippen molar-refractivity contribution in [2.45, 2.75) is 63.8 Å². The third kappa shape index (κ3) is 6.99. The summed E-state index contributed by atoms with van der Waals surface area (Å²) >= 11 is 12.9. The third-order valence-electron chi connectivity index (χ3n) is 8.70. The second-order valence-electron chi connectivity index (χ2n) is 11.2. The van der Waals surface area contributed by atoms with Crippen LogP contribution in [0.4, 0.5) is 0 Å². The molecule has 1 saturated heterocycles. The van der Waals surface area contributed by atoms with Crippen LogP contribution in [0.25, 0.3) is 0 Å². The Kier molecular flexibility index (Phi) is 11.0. The zero-order valence-corrected chi connectivity index (χ0v) is 26.0. The molecule has 1 aliphatic heterocycles. The van der Waals surface area contributed by atoms with E-state index in [1.807, 2.05) is 18.2 Å². The molecule has 2 amide bonds. The number of aliphatic carboxylic acids is 1. The predicted octanol–water partition coefficient (Wildman–Crippen LogP) is 6.01. The zero-order valence-electron chi connectivity index (χ0n) is 23.6. The van der Waals surface area contributed by atoms with Gasteiger partial charge in [0.1, 0.15) is 6.61 Å². The van der Waals surface area contributed by atoms with Crippen molar-refractivity contribution < 1.29 is 29.0 Å². The first-order chi connectivity index (χ1) is 19.8. The first-order valence-corrected chi connectivity index (χ1v) is 15.1. The van der Waals surface area contributed by atoms with Crippen LogP contribution in [-0.2, 0) is 27.3 Å². The Hall–Kier alpha value is -2.52. The summed E-state index contributed by atoms with van der Waals surface area (Å²) < 4.78 is 12.1. The molecule has 0 bridgehead atoms. The number of methoxy groups -OCH3 is 1. The minimum atomic E-state index is -0.686. The summed E-state index contributed by atoms with van der Waals surface area (Å²) in [5, 5.41) is 14.0. The highest BCUT2D eigenvalue weighted by Crippen LogP contribution is 2.48. The molecule has 5 rings (SSSR count). The molecule has 0 aromatic heterocycles. The van der Waals surface area contributed by atoms with Crippen LogP contribution < -0.4 is 14.8 Å². The number of imide groups is 1. The molecule has 1 atom stereocenters. The lowest BCUT2D eigenvalue weighted by molar-refractivity contribution is -0.143. The summed E-state index contributed by atoms with van der Waals surface area (Å²) in [7, 11) is 1.61. The van der Waals surface area contributed by atoms with Crippen LogP contribution in [-0.4, -0.2) is 54.6 Å². The minimum Gasteiger partial charge on any atom is -0.493 e. The standard InChI is InChI=1S/C31H36Cl2N2O6.ClH/c1-40-26-15-19(17-34-16-18-2-4-20(5-3-18)31(38)39)14-24(22-6-7-23-21(22)8-9-25(32)29(23)33)30(26)41-13-12-35-27(36)10-11-28(35)37;/h8-9,14-15,18,20,22,34H,2-7,10-13,16-17H2,1H3,(H,38,39);1H/t18?,20?,22-;/m0./s1. The number of amides is 2. The molecular weight excluding hydrogens is 603 g/mol. The number of rotatable bonds is 11. The predicted molar refractivity (Wildman–Crippen MR) is 163 cm³/mol. The van der Waals surface area contributed by atoms with Gasteiger partial charge >= 0.3 is 5.97 Å². The van der Waals surface area contributed by atoms with Crippen molar-refractivity contribution >= 4 is 53.4 Å². The fourth-order valence-corrected chi connectivity index (χ4v) is 6.89. The van der Waals surface area contributed by atoms with Crippen molar-refractivity contribution in [1.29, 1.82) is 0 Å². The number of carboxylic acids is 1. The molecule has 11 heteroatoms. The van der Waals surface area contributed by atoms with Gasteiger partial charge in [0.05, 0.1) is 29.6 Å². The number of carbonyl (C=O) groups excluding carboxylic acids is 2. The quantitative estimate of drug-likeness (QED) is 0.290. The van der Waals surface area contributed by atoms with Crippen molar-refractivity contribution in [3.63, 3.8) is 0 Å². The van der Waals surface area contributed by atoms with Gasteiger partial charge in [0, 0.05) is 30.9 Å². The van der Waals surface area contributed by atoms with E-state index < -0.39 is 5.97 Å². The average molecular weight is 640 g/mol. The zero-order chi connectivity index (χ0) is 29.1. The normalized spacial score (nSPS) is 21.7. The van der Waals surface area contributed by atoms with Gasteiger partial charge in [0.15, 0.2) is 11.5 Å². The monoisotopic (exact) mass is 638 g/mol. The van der Waals surface area contributed by atoms with E-state index in [0.29, 0.717) is 34.0 Å². The highest BCUT2D eigenvalue weighted by atomic mass is 35.5. The summed E-state index contributed by atoms with van der Waals surface area (Å²) in [4.78, 5) is 36.7. The number of nitrogens with one attached hydrogen (secondary N) is 1. The molecule has 0 spiro atoms. The molecule has 2 N–H and O–H groups in total. The molecule has 42 heavy (non-hydrogen) atoms. The highest BCUT2D eigenvalue weighted by Gasteiger charge is 2.32. The summed E-state index contributed by atoms with van der Waals surface area (Å²) in [5.41, 5.74) is 4.17. The number of halogens is 3. The smallest absolute Gasteiger partial charge is 0.306 e. The number of carbonyl (C=O) groups is 3. The Bertz CT molecular complexity index is 1310. The third-order valence-corrected chi connectivity index (χ3v) is 9.55. The van der Waals surface area contributed by atoms with Gasteiger partial charge < -0.3 is 19.9 Å². The number of ether oxygens (including phenoxy) is 2. The molecule has 228 valence electrons. The van der Waals surface area contributed by atoms with Gasteiger partial charge in [-0.2, -0.15) is 0 Å². The van der Waals surface area contributed by atoms with Crippen LogP contribution in [0.1, 0.15) is 73.1 Å². The average Bonchev–Trinajstić information content (AvgIpc) is 3.54. The van der Waals surface area contributed by atoms with Crippen LogP contribution >= 0.6 is 35.6 Å². The van der Waals surface area contributed by atoms with Crippen LogP contribution in [0, 0.1) is 11.8 Å². The second-order valence-corrected chi connectivity index (χ2v) is 12.0. The lowest BCUT2D eigenvalue weighted by atomic mass is 9.82. The number of fused-ring (bicyclic) bond motifs is 1. The summed E-state index contributed by atoms with van der Waals surface area (Å²) in [5.74, 6) is 0.433. The van der Waals surface area contributed by atoms with Crippen molar-refractivity contribution in [1.82, 2.24) is 10.2 Å². The van der Waals surface area contributed by atoms with Gasteiger partial charge in [0.2, 0.25) is 11.8 Å². The maximum absolute atomic E-state index is 12.1. The molecule has 2 fully saturated rings. The summed E-state index contributed by atoms with van der Waals surface area (Å²) in [6.45, 7) is 1.80. The fraction of sp³-hybridized carbons (Fsp3) is 0.516. The Morgan fingerprint density at radius 3 is 2.40 bits per heavy atom. The molecule has 1 saturated carbocycles. The van der Waals surface area contributed by atoms with Crippen molar-refractivity contribution in [3.05, 3.63) is 56.6 Å². The lowest BCUT2D eigenvalue weighted by Crippen LogP contribution is -2.33. The van der Waals surface area contributed by atoms with Crippen LogP contribution in [0.5, 0.6) is 11.5 Å². The van der Waals surface area contributed by atoms with E-state index in [4.69, 9.17) is 32.7 Å². The molecule has 2 aromatic carbocycles. The molecule has 2 aromatic rings. The molecule has 8 nitrogen and oxygen atoms in total. The Balaban J connectivity index is 0.00000405. The number of benzene rings is 2.